The predicted octanol–water partition coefficient (Wildman–Crippen LogP) is 1.96. The standard InChI is InChI=1S/C15H25NO5/c1-14(2,3)21-13(18)16-10-6-15(4,12(17)19-5)7-11(16)9-20-8-10/h10-11H,6-9H2,1-5H3/t10-,11+,15?. The minimum absolute atomic E-state index is 0.142. The van der Waals surface area contributed by atoms with Crippen LogP contribution in [0.25, 0.3) is 0 Å². The minimum Gasteiger partial charge on any atom is -0.469 e. The monoisotopic (exact) mass is 299 g/mol. The molecule has 0 aromatic rings. The molecule has 120 valence electrons. The highest BCUT2D eigenvalue weighted by Crippen LogP contribution is 2.41. The Morgan fingerprint density at radius 3 is 2.14 bits per heavy atom. The number of piperidine rings is 1. The van der Waals surface area contributed by atoms with Crippen molar-refractivity contribution in [1.82, 2.24) is 4.90 Å². The Kier molecular flexibility index (Phi) is 4.19. The molecule has 2 fully saturated rings. The van der Waals surface area contributed by atoms with Crippen LogP contribution in [0.1, 0.15) is 40.5 Å². The van der Waals surface area contributed by atoms with E-state index >= 15 is 0 Å². The van der Waals surface area contributed by atoms with Gasteiger partial charge in [-0.1, -0.05) is 0 Å². The Hall–Kier alpha value is -1.30. The molecule has 21 heavy (non-hydrogen) atoms. The molecule has 0 aromatic heterocycles. The summed E-state index contributed by atoms with van der Waals surface area (Å²) in [5.74, 6) is -0.219. The van der Waals surface area contributed by atoms with Crippen molar-refractivity contribution in [3.8, 4) is 0 Å². The SMILES string of the molecule is COC(=O)C1(C)C[C@H]2COC[C@@H](C1)N2C(=O)OC(C)(C)C. The molecule has 2 aliphatic rings. The number of morpholine rings is 1. The van der Waals surface area contributed by atoms with Crippen molar-refractivity contribution in [3.05, 3.63) is 0 Å². The highest BCUT2D eigenvalue weighted by Gasteiger charge is 2.51. The molecular formula is C15H25NO5. The number of carbonyl (C=O) groups excluding carboxylic acids is 2. The van der Waals surface area contributed by atoms with Crippen LogP contribution in [0.3, 0.4) is 0 Å². The number of ether oxygens (including phenoxy) is 3. The number of carbonyl (C=O) groups is 2. The van der Waals surface area contributed by atoms with E-state index in [4.69, 9.17) is 14.2 Å². The number of hydrogen-bond donors (Lipinski definition) is 0. The van der Waals surface area contributed by atoms with Gasteiger partial charge in [0.15, 0.2) is 0 Å². The summed E-state index contributed by atoms with van der Waals surface area (Å²) in [5.41, 5.74) is -1.10. The summed E-state index contributed by atoms with van der Waals surface area (Å²) in [6, 6.07) is -0.284. The number of rotatable bonds is 1. The first-order valence-corrected chi connectivity index (χ1v) is 7.34. The Morgan fingerprint density at radius 2 is 1.71 bits per heavy atom. The first kappa shape index (κ1) is 16.1. The van der Waals surface area contributed by atoms with Gasteiger partial charge in [0.25, 0.3) is 0 Å². The van der Waals surface area contributed by atoms with Gasteiger partial charge in [-0.2, -0.15) is 0 Å². The van der Waals surface area contributed by atoms with Crippen molar-refractivity contribution in [1.29, 1.82) is 0 Å². The Labute approximate surface area is 125 Å². The molecule has 1 unspecified atom stereocenters. The largest absolute Gasteiger partial charge is 0.469 e. The van der Waals surface area contributed by atoms with Gasteiger partial charge >= 0.3 is 12.1 Å². The molecule has 2 bridgehead atoms. The second kappa shape index (κ2) is 5.48. The first-order chi connectivity index (χ1) is 9.66. The third-order valence-electron chi connectivity index (χ3n) is 4.06. The summed E-state index contributed by atoms with van der Waals surface area (Å²) in [7, 11) is 1.40. The van der Waals surface area contributed by atoms with Crippen LogP contribution in [-0.4, -0.2) is 55.0 Å². The number of nitrogens with zero attached hydrogens (tertiary/aromatic N) is 1. The fourth-order valence-electron chi connectivity index (χ4n) is 3.26. The van der Waals surface area contributed by atoms with Crippen LogP contribution in [-0.2, 0) is 19.0 Å². The van der Waals surface area contributed by atoms with Crippen molar-refractivity contribution in [2.24, 2.45) is 5.41 Å². The molecule has 2 aliphatic heterocycles. The second-order valence-electron chi connectivity index (χ2n) is 7.19. The summed E-state index contributed by atoms with van der Waals surface area (Å²) >= 11 is 0. The van der Waals surface area contributed by atoms with Crippen molar-refractivity contribution in [3.63, 3.8) is 0 Å². The first-order valence-electron chi connectivity index (χ1n) is 7.34. The fourth-order valence-corrected chi connectivity index (χ4v) is 3.26. The van der Waals surface area contributed by atoms with Crippen LogP contribution in [0.4, 0.5) is 4.79 Å². The minimum atomic E-state index is -0.563. The molecule has 0 aromatic carbocycles. The number of esters is 1. The molecule has 0 N–H and O–H groups in total. The van der Waals surface area contributed by atoms with Gasteiger partial charge in [-0.3, -0.25) is 9.69 Å². The number of amides is 1. The lowest BCUT2D eigenvalue weighted by Gasteiger charge is -2.50. The topological polar surface area (TPSA) is 65.1 Å². The van der Waals surface area contributed by atoms with Crippen LogP contribution in [0.2, 0.25) is 0 Å². The maximum atomic E-state index is 12.4. The van der Waals surface area contributed by atoms with Gasteiger partial charge in [0.2, 0.25) is 0 Å². The van der Waals surface area contributed by atoms with Crippen LogP contribution < -0.4 is 0 Å². The highest BCUT2D eigenvalue weighted by atomic mass is 16.6. The van der Waals surface area contributed by atoms with Crippen LogP contribution in [0, 0.1) is 5.41 Å². The van der Waals surface area contributed by atoms with E-state index in [-0.39, 0.29) is 24.1 Å². The number of hydrogen-bond acceptors (Lipinski definition) is 5. The lowest BCUT2D eigenvalue weighted by molar-refractivity contribution is -0.165. The smallest absolute Gasteiger partial charge is 0.410 e. The maximum Gasteiger partial charge on any atom is 0.410 e. The molecule has 3 atom stereocenters. The normalized spacial score (nSPS) is 32.5. The van der Waals surface area contributed by atoms with Gasteiger partial charge in [-0.05, 0) is 40.5 Å². The molecule has 0 saturated carbocycles. The molecule has 2 rings (SSSR count). The van der Waals surface area contributed by atoms with Crippen molar-refractivity contribution in [2.75, 3.05) is 20.3 Å². The quantitative estimate of drug-likeness (QED) is 0.693. The number of methoxy groups -OCH3 is 1. The Bertz CT molecular complexity index is 414. The van der Waals surface area contributed by atoms with Crippen LogP contribution in [0.5, 0.6) is 0 Å². The van der Waals surface area contributed by atoms with Gasteiger partial charge in [0.1, 0.15) is 5.60 Å². The van der Waals surface area contributed by atoms with Gasteiger partial charge in [-0.25, -0.2) is 4.79 Å². The van der Waals surface area contributed by atoms with E-state index in [9.17, 15) is 9.59 Å². The summed E-state index contributed by atoms with van der Waals surface area (Å²) in [6.07, 6.45) is 0.748. The van der Waals surface area contributed by atoms with E-state index in [1.165, 1.54) is 7.11 Å². The maximum absolute atomic E-state index is 12.4. The molecule has 6 nitrogen and oxygen atoms in total. The zero-order valence-electron chi connectivity index (χ0n) is 13.5. The molecule has 0 spiro atoms. The predicted molar refractivity (Wildman–Crippen MR) is 75.8 cm³/mol. The molecule has 0 radical (unpaired) electrons. The molecular weight excluding hydrogens is 274 g/mol. The van der Waals surface area contributed by atoms with Crippen molar-refractivity contribution >= 4 is 12.1 Å². The van der Waals surface area contributed by atoms with E-state index in [1.807, 2.05) is 27.7 Å². The van der Waals surface area contributed by atoms with Crippen molar-refractivity contribution < 1.29 is 23.8 Å². The number of fused-ring (bicyclic) bond motifs is 2. The Morgan fingerprint density at radius 1 is 1.19 bits per heavy atom. The van der Waals surface area contributed by atoms with Crippen LogP contribution >= 0.6 is 0 Å². The average molecular weight is 299 g/mol. The molecule has 1 amide bonds. The third-order valence-corrected chi connectivity index (χ3v) is 4.06. The average Bonchev–Trinajstić information content (AvgIpc) is 2.34. The summed E-state index contributed by atoms with van der Waals surface area (Å²) in [6.45, 7) is 8.31. The molecule has 6 heteroatoms. The third kappa shape index (κ3) is 3.31. The van der Waals surface area contributed by atoms with E-state index < -0.39 is 11.0 Å². The van der Waals surface area contributed by atoms with Crippen LogP contribution in [0.15, 0.2) is 0 Å². The summed E-state index contributed by atoms with van der Waals surface area (Å²) in [5, 5.41) is 0. The summed E-state index contributed by atoms with van der Waals surface area (Å²) in [4.78, 5) is 26.2. The molecule has 2 heterocycles. The summed E-state index contributed by atoms with van der Waals surface area (Å²) < 4.78 is 16.0. The Balaban J connectivity index is 2.17. The van der Waals surface area contributed by atoms with E-state index in [2.05, 4.69) is 0 Å². The fraction of sp³-hybridized carbons (Fsp3) is 0.867. The zero-order valence-corrected chi connectivity index (χ0v) is 13.5. The van der Waals surface area contributed by atoms with Crippen molar-refractivity contribution in [2.45, 2.75) is 58.2 Å². The van der Waals surface area contributed by atoms with E-state index in [0.717, 1.165) is 0 Å². The van der Waals surface area contributed by atoms with Gasteiger partial charge < -0.3 is 14.2 Å². The zero-order chi connectivity index (χ0) is 15.8. The lowest BCUT2D eigenvalue weighted by atomic mass is 9.73. The van der Waals surface area contributed by atoms with E-state index in [1.54, 1.807) is 4.90 Å². The highest BCUT2D eigenvalue weighted by molar-refractivity contribution is 5.77. The molecule has 0 aliphatic carbocycles. The van der Waals surface area contributed by atoms with Gasteiger partial charge in [-0.15, -0.1) is 0 Å². The lowest BCUT2D eigenvalue weighted by Crippen LogP contribution is -2.63. The second-order valence-corrected chi connectivity index (χ2v) is 7.19. The van der Waals surface area contributed by atoms with E-state index in [0.29, 0.717) is 26.1 Å². The van der Waals surface area contributed by atoms with Gasteiger partial charge in [0, 0.05) is 0 Å². The molecule has 2 saturated heterocycles. The van der Waals surface area contributed by atoms with Gasteiger partial charge in [0.05, 0.1) is 37.8 Å².